The predicted molar refractivity (Wildman–Crippen MR) is 45.3 cm³/mol. The summed E-state index contributed by atoms with van der Waals surface area (Å²) >= 11 is 0. The first kappa shape index (κ1) is 9.05. The van der Waals surface area contributed by atoms with Gasteiger partial charge in [0.1, 0.15) is 6.54 Å². The molecule has 0 unspecified atom stereocenters. The molecule has 66 valence electrons. The normalized spacial score (nSPS) is 19.6. The lowest BCUT2D eigenvalue weighted by Gasteiger charge is -2.21. The number of carbonyl (C=O) groups excluding carboxylic acids is 1. The van der Waals surface area contributed by atoms with E-state index in [1.165, 1.54) is 6.42 Å². The maximum atomic E-state index is 11.3. The summed E-state index contributed by atoms with van der Waals surface area (Å²) in [6.07, 6.45) is 5.01. The Balaban J connectivity index is 2.44. The lowest BCUT2D eigenvalue weighted by molar-refractivity contribution is -0.131. The second kappa shape index (κ2) is 4.76. The van der Waals surface area contributed by atoms with Gasteiger partial charge in [-0.1, -0.05) is 12.8 Å². The largest absolute Gasteiger partial charge is 0.329 e. The molecule has 0 aliphatic carbocycles. The van der Waals surface area contributed by atoms with Crippen LogP contribution in [-0.2, 0) is 4.79 Å². The van der Waals surface area contributed by atoms with Crippen molar-refractivity contribution >= 4 is 5.91 Å². The molecule has 1 aliphatic rings. The van der Waals surface area contributed by atoms with E-state index in [4.69, 9.17) is 5.26 Å². The van der Waals surface area contributed by atoms with Gasteiger partial charge >= 0.3 is 0 Å². The van der Waals surface area contributed by atoms with Crippen molar-refractivity contribution in [3.63, 3.8) is 0 Å². The summed E-state index contributed by atoms with van der Waals surface area (Å²) in [5, 5.41) is 8.45. The van der Waals surface area contributed by atoms with Crippen LogP contribution in [0.5, 0.6) is 0 Å². The first-order chi connectivity index (χ1) is 5.84. The number of rotatable bonds is 1. The number of nitriles is 1. The van der Waals surface area contributed by atoms with Gasteiger partial charge in [0.05, 0.1) is 6.07 Å². The van der Waals surface area contributed by atoms with Crippen LogP contribution in [0.2, 0.25) is 0 Å². The van der Waals surface area contributed by atoms with Crippen molar-refractivity contribution in [2.75, 3.05) is 13.1 Å². The predicted octanol–water partition coefficient (Wildman–Crippen LogP) is 1.30. The molecular formula is C9H14N2O. The summed E-state index contributed by atoms with van der Waals surface area (Å²) in [4.78, 5) is 13.0. The molecule has 0 aromatic carbocycles. The van der Waals surface area contributed by atoms with Crippen LogP contribution in [0.15, 0.2) is 0 Å². The number of amides is 1. The Hall–Kier alpha value is -1.04. The summed E-state index contributed by atoms with van der Waals surface area (Å²) in [5.74, 6) is 0.149. The molecule has 1 amide bonds. The fourth-order valence-electron chi connectivity index (χ4n) is 1.47. The van der Waals surface area contributed by atoms with Gasteiger partial charge in [0.2, 0.25) is 5.91 Å². The second-order valence-corrected chi connectivity index (χ2v) is 3.14. The number of nitrogens with zero attached hydrogens (tertiary/aromatic N) is 2. The molecular weight excluding hydrogens is 152 g/mol. The van der Waals surface area contributed by atoms with Gasteiger partial charge in [-0.2, -0.15) is 5.26 Å². The fraction of sp³-hybridized carbons (Fsp3) is 0.778. The van der Waals surface area contributed by atoms with Gasteiger partial charge < -0.3 is 4.90 Å². The molecule has 0 N–H and O–H groups in total. The van der Waals surface area contributed by atoms with Crippen LogP contribution in [0.4, 0.5) is 0 Å². The van der Waals surface area contributed by atoms with Crippen LogP contribution in [0, 0.1) is 11.3 Å². The maximum Gasteiger partial charge on any atom is 0.223 e. The van der Waals surface area contributed by atoms with Crippen molar-refractivity contribution in [1.82, 2.24) is 4.90 Å². The van der Waals surface area contributed by atoms with Crippen molar-refractivity contribution in [2.24, 2.45) is 0 Å². The summed E-state index contributed by atoms with van der Waals surface area (Å²) in [6, 6.07) is 2.02. The third kappa shape index (κ3) is 2.54. The van der Waals surface area contributed by atoms with Crippen molar-refractivity contribution in [1.29, 1.82) is 5.26 Å². The number of carbonyl (C=O) groups is 1. The Morgan fingerprint density at radius 2 is 2.08 bits per heavy atom. The van der Waals surface area contributed by atoms with Gasteiger partial charge in [-0.25, -0.2) is 0 Å². The van der Waals surface area contributed by atoms with Crippen LogP contribution in [0.3, 0.4) is 0 Å². The second-order valence-electron chi connectivity index (χ2n) is 3.14. The molecule has 1 fully saturated rings. The molecule has 0 bridgehead atoms. The minimum atomic E-state index is 0.149. The third-order valence-corrected chi connectivity index (χ3v) is 2.18. The number of hydrogen-bond acceptors (Lipinski definition) is 2. The van der Waals surface area contributed by atoms with Gasteiger partial charge in [-0.3, -0.25) is 4.79 Å². The van der Waals surface area contributed by atoms with Gasteiger partial charge in [0, 0.05) is 13.0 Å². The Bertz CT molecular complexity index is 195. The maximum absolute atomic E-state index is 11.3. The van der Waals surface area contributed by atoms with E-state index in [0.29, 0.717) is 6.42 Å². The van der Waals surface area contributed by atoms with Crippen molar-refractivity contribution < 1.29 is 4.79 Å². The molecule has 0 atom stereocenters. The average molecular weight is 166 g/mol. The zero-order valence-electron chi connectivity index (χ0n) is 7.25. The number of hydrogen-bond donors (Lipinski definition) is 0. The van der Waals surface area contributed by atoms with Crippen LogP contribution in [0.1, 0.15) is 32.1 Å². The molecule has 1 aliphatic heterocycles. The molecule has 1 heterocycles. The Morgan fingerprint density at radius 1 is 1.33 bits per heavy atom. The highest BCUT2D eigenvalue weighted by Crippen LogP contribution is 2.10. The van der Waals surface area contributed by atoms with Crippen molar-refractivity contribution in [2.45, 2.75) is 32.1 Å². The van der Waals surface area contributed by atoms with E-state index in [9.17, 15) is 4.79 Å². The third-order valence-electron chi connectivity index (χ3n) is 2.18. The molecule has 0 aromatic heterocycles. The quantitative estimate of drug-likeness (QED) is 0.551. The smallest absolute Gasteiger partial charge is 0.223 e. The minimum Gasteiger partial charge on any atom is -0.329 e. The summed E-state index contributed by atoms with van der Waals surface area (Å²) in [6.45, 7) is 1.03. The standard InChI is InChI=1S/C9H14N2O/c10-6-8-11-7-4-2-1-3-5-9(11)12/h1-5,7-8H2. The Labute approximate surface area is 73.0 Å². The van der Waals surface area contributed by atoms with Crippen molar-refractivity contribution in [3.05, 3.63) is 0 Å². The zero-order chi connectivity index (χ0) is 8.81. The van der Waals surface area contributed by atoms with Gasteiger partial charge in [0.25, 0.3) is 0 Å². The first-order valence-corrected chi connectivity index (χ1v) is 4.49. The van der Waals surface area contributed by atoms with Gasteiger partial charge in [-0.05, 0) is 12.8 Å². The van der Waals surface area contributed by atoms with E-state index < -0.39 is 0 Å². The summed E-state index contributed by atoms with van der Waals surface area (Å²) in [5.41, 5.74) is 0. The van der Waals surface area contributed by atoms with E-state index in [1.807, 2.05) is 6.07 Å². The van der Waals surface area contributed by atoms with Gasteiger partial charge in [0.15, 0.2) is 0 Å². The summed E-state index contributed by atoms with van der Waals surface area (Å²) < 4.78 is 0. The van der Waals surface area contributed by atoms with E-state index in [2.05, 4.69) is 0 Å². The van der Waals surface area contributed by atoms with E-state index in [-0.39, 0.29) is 12.5 Å². The monoisotopic (exact) mass is 166 g/mol. The fourth-order valence-corrected chi connectivity index (χ4v) is 1.47. The van der Waals surface area contributed by atoms with Crippen LogP contribution in [-0.4, -0.2) is 23.9 Å². The van der Waals surface area contributed by atoms with E-state index >= 15 is 0 Å². The highest BCUT2D eigenvalue weighted by Gasteiger charge is 2.14. The topological polar surface area (TPSA) is 44.1 Å². The van der Waals surface area contributed by atoms with Crippen LogP contribution >= 0.6 is 0 Å². The van der Waals surface area contributed by atoms with Gasteiger partial charge in [-0.15, -0.1) is 0 Å². The van der Waals surface area contributed by atoms with Crippen molar-refractivity contribution in [3.8, 4) is 6.07 Å². The molecule has 0 radical (unpaired) electrons. The zero-order valence-corrected chi connectivity index (χ0v) is 7.25. The molecule has 3 nitrogen and oxygen atoms in total. The van der Waals surface area contributed by atoms with Crippen LogP contribution < -0.4 is 0 Å². The molecule has 1 saturated heterocycles. The average Bonchev–Trinajstić information content (AvgIpc) is 2.05. The lowest BCUT2D eigenvalue weighted by Crippen LogP contribution is -2.33. The lowest BCUT2D eigenvalue weighted by atomic mass is 10.1. The minimum absolute atomic E-state index is 0.149. The highest BCUT2D eigenvalue weighted by atomic mass is 16.2. The highest BCUT2D eigenvalue weighted by molar-refractivity contribution is 5.76. The van der Waals surface area contributed by atoms with E-state index in [0.717, 1.165) is 25.8 Å². The molecule has 0 aromatic rings. The SMILES string of the molecule is N#CCN1CCCCCCC1=O. The molecule has 0 spiro atoms. The summed E-state index contributed by atoms with van der Waals surface area (Å²) in [7, 11) is 0. The molecule has 12 heavy (non-hydrogen) atoms. The Kier molecular flexibility index (Phi) is 3.59. The Morgan fingerprint density at radius 3 is 2.83 bits per heavy atom. The number of likely N-dealkylation sites (tertiary alicyclic amines) is 1. The molecule has 1 rings (SSSR count). The first-order valence-electron chi connectivity index (χ1n) is 4.49. The van der Waals surface area contributed by atoms with E-state index in [1.54, 1.807) is 4.90 Å². The molecule has 0 saturated carbocycles. The molecule has 3 heteroatoms. The van der Waals surface area contributed by atoms with Crippen LogP contribution in [0.25, 0.3) is 0 Å².